The second-order valence-electron chi connectivity index (χ2n) is 15.3. The average Bonchev–Trinajstić information content (AvgIpc) is 3.34. The lowest BCUT2D eigenvalue weighted by Gasteiger charge is -2.28. The third-order valence-corrected chi connectivity index (χ3v) is 12.5. The van der Waals surface area contributed by atoms with Crippen molar-refractivity contribution in [3.05, 3.63) is 147 Å². The number of rotatable bonds is 15. The first-order valence-electron chi connectivity index (χ1n) is 21.4. The van der Waals surface area contributed by atoms with Gasteiger partial charge in [-0.25, -0.2) is 21.8 Å². The molecule has 8 rings (SSSR count). The second-order valence-corrected chi connectivity index (χ2v) is 18.8. The molecule has 0 amide bonds. The molecule has 0 unspecified atom stereocenters. The Balaban J connectivity index is 0.000000200. The Bertz CT molecular complexity index is 2870. The molecule has 3 N–H and O–H groups in total. The minimum absolute atomic E-state index is 0.00146. The van der Waals surface area contributed by atoms with E-state index in [-0.39, 0.29) is 35.9 Å². The van der Waals surface area contributed by atoms with E-state index >= 15 is 0 Å². The quantitative estimate of drug-likeness (QED) is 0.0859. The van der Waals surface area contributed by atoms with E-state index in [4.69, 9.17) is 25.8 Å². The fourth-order valence-corrected chi connectivity index (χ4v) is 8.73. The summed E-state index contributed by atoms with van der Waals surface area (Å²) in [5.41, 5.74) is 5.87. The van der Waals surface area contributed by atoms with Crippen LogP contribution >= 0.6 is 11.6 Å². The van der Waals surface area contributed by atoms with Crippen LogP contribution in [0.3, 0.4) is 0 Å². The Morgan fingerprint density at radius 1 is 0.612 bits per heavy atom. The number of ether oxygens (including phenoxy) is 3. The van der Waals surface area contributed by atoms with Gasteiger partial charge >= 0.3 is 0 Å². The Morgan fingerprint density at radius 2 is 1.03 bits per heavy atom. The van der Waals surface area contributed by atoms with Crippen molar-refractivity contribution < 1.29 is 36.2 Å². The summed E-state index contributed by atoms with van der Waals surface area (Å²) in [6, 6.07) is 33.5. The third-order valence-electron chi connectivity index (χ3n) is 10.3. The molecule has 350 valence electrons. The molecule has 67 heavy (non-hydrogen) atoms. The highest BCUT2D eigenvalue weighted by atomic mass is 35.5. The van der Waals surface area contributed by atoms with Crippen LogP contribution in [0.5, 0.6) is 5.88 Å². The summed E-state index contributed by atoms with van der Waals surface area (Å²) in [5, 5.41) is 11.8. The highest BCUT2D eigenvalue weighted by Crippen LogP contribution is 2.38. The van der Waals surface area contributed by atoms with Gasteiger partial charge in [0, 0.05) is 26.2 Å². The van der Waals surface area contributed by atoms with Gasteiger partial charge in [-0.2, -0.15) is 15.0 Å². The minimum atomic E-state index is -3.93. The maximum atomic E-state index is 13.1. The molecule has 2 aromatic heterocycles. The van der Waals surface area contributed by atoms with Crippen LogP contribution in [0.15, 0.2) is 120 Å². The van der Waals surface area contributed by atoms with Gasteiger partial charge < -0.3 is 29.1 Å². The number of nitrogens with zero attached hydrogens (tertiary/aromatic N) is 6. The van der Waals surface area contributed by atoms with Crippen LogP contribution in [-0.2, 0) is 29.5 Å². The summed E-state index contributed by atoms with van der Waals surface area (Å²) in [7, 11) is -7.78. The molecule has 16 nitrogen and oxygen atoms in total. The number of aromatic nitrogens is 4. The number of nitrogens with one attached hydrogen (secondary N) is 2. The fraction of sp³-hybridized carbons (Fsp3) is 0.250. The number of benzene rings is 4. The lowest BCUT2D eigenvalue weighted by atomic mass is 10.1. The van der Waals surface area contributed by atoms with Crippen molar-refractivity contribution in [2.75, 3.05) is 85.1 Å². The van der Waals surface area contributed by atoms with Crippen LogP contribution in [0.4, 0.5) is 23.5 Å². The van der Waals surface area contributed by atoms with Gasteiger partial charge in [-0.3, -0.25) is 9.44 Å². The summed E-state index contributed by atoms with van der Waals surface area (Å²) in [5.74, 6) is 1.09. The Morgan fingerprint density at radius 3 is 1.48 bits per heavy atom. The molecule has 0 radical (unpaired) electrons. The van der Waals surface area contributed by atoms with Gasteiger partial charge in [0.15, 0.2) is 11.6 Å². The van der Waals surface area contributed by atoms with Crippen LogP contribution in [0.25, 0.3) is 34.4 Å². The fourth-order valence-electron chi connectivity index (χ4n) is 6.81. The minimum Gasteiger partial charge on any atom is -0.475 e. The first kappa shape index (κ1) is 48.5. The Kier molecular flexibility index (Phi) is 16.6. The van der Waals surface area contributed by atoms with Crippen molar-refractivity contribution in [1.29, 1.82) is 0 Å². The highest BCUT2D eigenvalue weighted by Gasteiger charge is 2.25. The molecule has 0 aliphatic carbocycles. The van der Waals surface area contributed by atoms with Gasteiger partial charge in [0.05, 0.1) is 55.0 Å². The van der Waals surface area contributed by atoms with Crippen LogP contribution < -0.4 is 24.0 Å². The third kappa shape index (κ3) is 13.8. The van der Waals surface area contributed by atoms with E-state index < -0.39 is 20.0 Å². The van der Waals surface area contributed by atoms with Gasteiger partial charge in [-0.1, -0.05) is 132 Å². The number of aliphatic hydroxyl groups is 1. The lowest BCUT2D eigenvalue weighted by molar-refractivity contribution is 0.122. The summed E-state index contributed by atoms with van der Waals surface area (Å²) < 4.78 is 73.6. The van der Waals surface area contributed by atoms with Gasteiger partial charge in [0.25, 0.3) is 20.0 Å². The number of sulfonamides is 2. The second kappa shape index (κ2) is 22.9. The van der Waals surface area contributed by atoms with E-state index in [1.165, 1.54) is 12.2 Å². The average molecular weight is 968 g/mol. The van der Waals surface area contributed by atoms with E-state index in [1.54, 1.807) is 0 Å². The van der Waals surface area contributed by atoms with Crippen molar-refractivity contribution in [3.63, 3.8) is 0 Å². The van der Waals surface area contributed by atoms with Gasteiger partial charge in [-0.15, -0.1) is 0 Å². The number of anilines is 4. The molecule has 2 saturated heterocycles. The number of halogens is 1. The van der Waals surface area contributed by atoms with Gasteiger partial charge in [0.1, 0.15) is 11.8 Å². The van der Waals surface area contributed by atoms with Crippen molar-refractivity contribution >= 4 is 67.3 Å². The Labute approximate surface area is 396 Å². The largest absolute Gasteiger partial charge is 0.475 e. The van der Waals surface area contributed by atoms with Gasteiger partial charge in [-0.05, 0) is 48.3 Å². The van der Waals surface area contributed by atoms with E-state index in [9.17, 15) is 21.9 Å². The summed E-state index contributed by atoms with van der Waals surface area (Å²) in [4.78, 5) is 22.0. The predicted octanol–water partition coefficient (Wildman–Crippen LogP) is 7.43. The summed E-state index contributed by atoms with van der Waals surface area (Å²) >= 11 is 6.57. The topological polar surface area (TPSA) is 198 Å². The number of hydrogen-bond donors (Lipinski definition) is 3. The number of aliphatic hydroxyl groups excluding tert-OH is 1. The molecule has 19 heteroatoms. The molecule has 0 saturated carbocycles. The molecule has 0 bridgehead atoms. The summed E-state index contributed by atoms with van der Waals surface area (Å²) in [6.07, 6.45) is 3.04. The predicted molar refractivity (Wildman–Crippen MR) is 264 cm³/mol. The number of morpholine rings is 2. The maximum absolute atomic E-state index is 13.1. The van der Waals surface area contributed by atoms with Crippen LogP contribution in [0.1, 0.15) is 22.3 Å². The molecule has 0 spiro atoms. The zero-order valence-electron chi connectivity index (χ0n) is 37.0. The van der Waals surface area contributed by atoms with Crippen molar-refractivity contribution in [1.82, 2.24) is 19.9 Å². The smallest absolute Gasteiger partial charge is 0.256 e. The van der Waals surface area contributed by atoms with Crippen molar-refractivity contribution in [3.8, 4) is 28.1 Å². The Hall–Kier alpha value is -6.41. The molecule has 0 atom stereocenters. The van der Waals surface area contributed by atoms with Crippen molar-refractivity contribution in [2.24, 2.45) is 0 Å². The first-order valence-corrected chi connectivity index (χ1v) is 24.9. The van der Waals surface area contributed by atoms with Gasteiger partial charge in [0.2, 0.25) is 17.8 Å². The highest BCUT2D eigenvalue weighted by molar-refractivity contribution is 7.96. The normalized spacial score (nSPS) is 14.4. The van der Waals surface area contributed by atoms with E-state index in [1.807, 2.05) is 133 Å². The molecular formula is C48H51ClN8O8S2. The van der Waals surface area contributed by atoms with E-state index in [2.05, 4.69) is 29.4 Å². The number of hydrogen-bond acceptors (Lipinski definition) is 14. The molecular weight excluding hydrogens is 916 g/mol. The molecule has 2 aliphatic heterocycles. The molecule has 4 aromatic carbocycles. The van der Waals surface area contributed by atoms with Crippen LogP contribution in [-0.4, -0.2) is 108 Å². The zero-order chi connectivity index (χ0) is 47.2. The molecule has 2 fully saturated rings. The lowest BCUT2D eigenvalue weighted by Crippen LogP contribution is -2.37. The van der Waals surface area contributed by atoms with E-state index in [0.717, 1.165) is 38.6 Å². The van der Waals surface area contributed by atoms with Crippen LogP contribution in [0, 0.1) is 13.8 Å². The summed E-state index contributed by atoms with van der Waals surface area (Å²) in [6.45, 7) is 8.14. The van der Waals surface area contributed by atoms with Crippen molar-refractivity contribution in [2.45, 2.75) is 13.8 Å². The zero-order valence-corrected chi connectivity index (χ0v) is 39.3. The standard InChI is InChI=1S/C25H28N4O5S.C23H23ClN4O3S/c1-19-7-9-21(10-8-19)22-23(28-35(31,32)18-11-20-5-3-2-4-6-20)26-25(27-24(22)34-17-14-30)29-12-15-33-16-13-29;1-17-7-9-19(10-8-17)20-21(24)25-23(28-12-14-31-15-13-28)26-22(20)27-32(29,30)16-11-18-5-3-2-4-6-18/h2-11,18,30H,12-17H2,1H3,(H,26,27,28);2-11,16H,12-15H2,1H3,(H,25,26,27)/b18-11+;16-11+. The molecule has 4 heterocycles. The first-order chi connectivity index (χ1) is 32.4. The number of aryl methyl sites for hydroxylation is 2. The maximum Gasteiger partial charge on any atom is 0.256 e. The molecule has 6 aromatic rings. The SMILES string of the molecule is Cc1ccc(-c2c(Cl)nc(N3CCOCC3)nc2NS(=O)(=O)/C=C/c2ccccc2)cc1.Cc1ccc(-c2c(NS(=O)(=O)/C=C/c3ccccc3)nc(N3CCOCC3)nc2OCCO)cc1. The molecule has 2 aliphatic rings. The van der Waals surface area contributed by atoms with E-state index in [0.29, 0.717) is 81.2 Å². The monoisotopic (exact) mass is 966 g/mol. The van der Waals surface area contributed by atoms with Crippen LogP contribution in [0.2, 0.25) is 5.15 Å².